The molecule has 0 aliphatic carbocycles. The number of hydrogen-bond donors (Lipinski definition) is 4. The van der Waals surface area contributed by atoms with Crippen molar-refractivity contribution in [2.45, 2.75) is 32.4 Å². The summed E-state index contributed by atoms with van der Waals surface area (Å²) in [6, 6.07) is 6.18. The maximum absolute atomic E-state index is 12.7. The predicted octanol–water partition coefficient (Wildman–Crippen LogP) is 2.27. The van der Waals surface area contributed by atoms with Gasteiger partial charge in [-0.05, 0) is 31.0 Å². The molecule has 0 bridgehead atoms. The number of carbonyl (C=O) groups excluding carboxylic acids is 1. The third kappa shape index (κ3) is 5.57. The topological polar surface area (TPSA) is 125 Å². The van der Waals surface area contributed by atoms with Crippen LogP contribution in [0.4, 0.5) is 5.95 Å². The van der Waals surface area contributed by atoms with Gasteiger partial charge in [-0.2, -0.15) is 4.98 Å². The van der Waals surface area contributed by atoms with Gasteiger partial charge >= 0.3 is 0 Å². The van der Waals surface area contributed by atoms with Gasteiger partial charge in [0.25, 0.3) is 5.91 Å². The number of halogens is 1. The molecule has 2 aromatic heterocycles. The van der Waals surface area contributed by atoms with Gasteiger partial charge in [0.05, 0.1) is 25.3 Å². The van der Waals surface area contributed by atoms with Crippen LogP contribution in [0, 0.1) is 6.92 Å². The number of amides is 1. The summed E-state index contributed by atoms with van der Waals surface area (Å²) in [4.78, 5) is 25.6. The molecule has 1 amide bonds. The molecule has 0 spiro atoms. The first-order chi connectivity index (χ1) is 14.9. The molecule has 3 rings (SSSR count). The lowest BCUT2D eigenvalue weighted by Gasteiger charge is -2.16. The first kappa shape index (κ1) is 22.7. The van der Waals surface area contributed by atoms with E-state index in [1.54, 1.807) is 41.2 Å². The van der Waals surface area contributed by atoms with Gasteiger partial charge in [0.15, 0.2) is 0 Å². The molecule has 0 saturated heterocycles. The van der Waals surface area contributed by atoms with Crippen LogP contribution in [0.25, 0.3) is 5.82 Å². The van der Waals surface area contributed by atoms with Crippen LogP contribution in [-0.4, -0.2) is 54.9 Å². The van der Waals surface area contributed by atoms with Crippen molar-refractivity contribution in [2.75, 3.05) is 18.5 Å². The number of aliphatic hydroxyl groups excluding tert-OH is 2. The smallest absolute Gasteiger partial charge is 0.272 e. The van der Waals surface area contributed by atoms with Crippen molar-refractivity contribution in [2.24, 2.45) is 0 Å². The van der Waals surface area contributed by atoms with Crippen molar-refractivity contribution in [3.05, 3.63) is 64.8 Å². The summed E-state index contributed by atoms with van der Waals surface area (Å²) in [5.41, 5.74) is 1.66. The SMILES string of the molecule is CC[C@@H](CO)Nc1ncc(C)c(-n2cnc(C(=O)N[C@H](CO)c3cccc(Cl)c3)c2)n1. The Hall–Kier alpha value is -3.01. The number of carbonyl (C=O) groups is 1. The number of anilines is 1. The van der Waals surface area contributed by atoms with Gasteiger partial charge < -0.3 is 20.8 Å². The van der Waals surface area contributed by atoms with Crippen LogP contribution < -0.4 is 10.6 Å². The molecule has 0 radical (unpaired) electrons. The maximum atomic E-state index is 12.7. The molecular weight excluding hydrogens is 420 g/mol. The zero-order valence-corrected chi connectivity index (χ0v) is 18.0. The second-order valence-corrected chi connectivity index (χ2v) is 7.50. The molecular formula is C21H25ClN6O3. The average molecular weight is 445 g/mol. The average Bonchev–Trinajstić information content (AvgIpc) is 3.27. The Morgan fingerprint density at radius 2 is 2.06 bits per heavy atom. The summed E-state index contributed by atoms with van der Waals surface area (Å²) in [5, 5.41) is 25.4. The highest BCUT2D eigenvalue weighted by Gasteiger charge is 2.18. The molecule has 0 aliphatic rings. The largest absolute Gasteiger partial charge is 0.394 e. The summed E-state index contributed by atoms with van der Waals surface area (Å²) < 4.78 is 1.63. The molecule has 0 unspecified atom stereocenters. The van der Waals surface area contributed by atoms with Gasteiger partial charge in [-0.3, -0.25) is 9.36 Å². The fourth-order valence-corrected chi connectivity index (χ4v) is 3.17. The summed E-state index contributed by atoms with van der Waals surface area (Å²) in [5.74, 6) is 0.502. The third-order valence-electron chi connectivity index (χ3n) is 4.79. The van der Waals surface area contributed by atoms with E-state index in [9.17, 15) is 15.0 Å². The van der Waals surface area contributed by atoms with E-state index in [4.69, 9.17) is 11.6 Å². The molecule has 2 atom stereocenters. The Morgan fingerprint density at radius 1 is 1.26 bits per heavy atom. The van der Waals surface area contributed by atoms with Crippen LogP contribution in [0.2, 0.25) is 5.02 Å². The van der Waals surface area contributed by atoms with Crippen molar-refractivity contribution in [3.8, 4) is 5.82 Å². The fraction of sp³-hybridized carbons (Fsp3) is 0.333. The van der Waals surface area contributed by atoms with E-state index in [1.807, 2.05) is 13.8 Å². The number of nitrogens with zero attached hydrogens (tertiary/aromatic N) is 4. The molecule has 31 heavy (non-hydrogen) atoms. The number of imidazole rings is 1. The number of aryl methyl sites for hydroxylation is 1. The highest BCUT2D eigenvalue weighted by Crippen LogP contribution is 2.19. The highest BCUT2D eigenvalue weighted by atomic mass is 35.5. The number of hydrogen-bond acceptors (Lipinski definition) is 7. The van der Waals surface area contributed by atoms with Crippen molar-refractivity contribution >= 4 is 23.5 Å². The molecule has 4 N–H and O–H groups in total. The van der Waals surface area contributed by atoms with Crippen molar-refractivity contribution in [3.63, 3.8) is 0 Å². The Labute approximate surface area is 185 Å². The Balaban J connectivity index is 1.78. The van der Waals surface area contributed by atoms with Crippen LogP contribution in [0.15, 0.2) is 43.0 Å². The van der Waals surface area contributed by atoms with E-state index in [0.717, 1.165) is 12.0 Å². The quantitative estimate of drug-likeness (QED) is 0.399. The van der Waals surface area contributed by atoms with E-state index < -0.39 is 11.9 Å². The lowest BCUT2D eigenvalue weighted by molar-refractivity contribution is 0.0911. The number of rotatable bonds is 9. The lowest BCUT2D eigenvalue weighted by atomic mass is 10.1. The van der Waals surface area contributed by atoms with Crippen molar-refractivity contribution in [1.29, 1.82) is 0 Å². The zero-order chi connectivity index (χ0) is 22.4. The standard InChI is InChI=1S/C21H25ClN6O3/c1-3-16(10-29)25-21-23-8-13(2)19(27-21)28-9-17(24-12-28)20(31)26-18(11-30)14-5-4-6-15(22)7-14/h4-9,12,16,18,29-30H,3,10-11H2,1-2H3,(H,26,31)(H,23,25,27)/t16-,18+/m0/s1. The van der Waals surface area contributed by atoms with Gasteiger partial charge in [-0.25, -0.2) is 9.97 Å². The normalized spacial score (nSPS) is 12.9. The van der Waals surface area contributed by atoms with Gasteiger partial charge in [-0.1, -0.05) is 30.7 Å². The van der Waals surface area contributed by atoms with Gasteiger partial charge in [0, 0.05) is 23.0 Å². The van der Waals surface area contributed by atoms with Gasteiger partial charge in [0.1, 0.15) is 17.8 Å². The molecule has 10 heteroatoms. The van der Waals surface area contributed by atoms with E-state index in [2.05, 4.69) is 25.6 Å². The molecule has 0 saturated carbocycles. The van der Waals surface area contributed by atoms with Crippen LogP contribution in [-0.2, 0) is 0 Å². The summed E-state index contributed by atoms with van der Waals surface area (Å²) in [7, 11) is 0. The minimum absolute atomic E-state index is 0.0306. The van der Waals surface area contributed by atoms with Crippen LogP contribution >= 0.6 is 11.6 Å². The maximum Gasteiger partial charge on any atom is 0.272 e. The second-order valence-electron chi connectivity index (χ2n) is 7.06. The molecule has 164 valence electrons. The predicted molar refractivity (Wildman–Crippen MR) is 117 cm³/mol. The molecule has 3 aromatic rings. The molecule has 9 nitrogen and oxygen atoms in total. The minimum atomic E-state index is -0.614. The highest BCUT2D eigenvalue weighted by molar-refractivity contribution is 6.30. The van der Waals surface area contributed by atoms with Crippen LogP contribution in [0.3, 0.4) is 0 Å². The minimum Gasteiger partial charge on any atom is -0.394 e. The van der Waals surface area contributed by atoms with Crippen LogP contribution in [0.5, 0.6) is 0 Å². The van der Waals surface area contributed by atoms with E-state index in [0.29, 0.717) is 22.4 Å². The Kier molecular flexibility index (Phi) is 7.56. The fourth-order valence-electron chi connectivity index (χ4n) is 2.97. The molecule has 0 aliphatic heterocycles. The van der Waals surface area contributed by atoms with E-state index in [-0.39, 0.29) is 24.9 Å². The lowest BCUT2D eigenvalue weighted by Crippen LogP contribution is -2.31. The summed E-state index contributed by atoms with van der Waals surface area (Å²) in [6.07, 6.45) is 5.43. The van der Waals surface area contributed by atoms with Gasteiger partial charge in [0.2, 0.25) is 5.95 Å². The zero-order valence-electron chi connectivity index (χ0n) is 17.3. The Bertz CT molecular complexity index is 1040. The summed E-state index contributed by atoms with van der Waals surface area (Å²) >= 11 is 6.01. The molecule has 2 heterocycles. The van der Waals surface area contributed by atoms with Crippen molar-refractivity contribution in [1.82, 2.24) is 24.8 Å². The first-order valence-corrected chi connectivity index (χ1v) is 10.3. The number of aromatic nitrogens is 4. The number of benzene rings is 1. The molecule has 0 fully saturated rings. The van der Waals surface area contributed by atoms with Crippen molar-refractivity contribution < 1.29 is 15.0 Å². The molecule has 1 aromatic carbocycles. The second kappa shape index (κ2) is 10.3. The number of aliphatic hydroxyl groups is 2. The summed E-state index contributed by atoms with van der Waals surface area (Å²) in [6.45, 7) is 3.49. The Morgan fingerprint density at radius 3 is 2.74 bits per heavy atom. The van der Waals surface area contributed by atoms with E-state index in [1.165, 1.54) is 6.33 Å². The van der Waals surface area contributed by atoms with Crippen LogP contribution in [0.1, 0.15) is 41.0 Å². The first-order valence-electron chi connectivity index (χ1n) is 9.87. The monoisotopic (exact) mass is 444 g/mol. The van der Waals surface area contributed by atoms with Gasteiger partial charge in [-0.15, -0.1) is 0 Å². The van der Waals surface area contributed by atoms with E-state index >= 15 is 0 Å². The third-order valence-corrected chi connectivity index (χ3v) is 5.03. The number of nitrogens with one attached hydrogen (secondary N) is 2.